The van der Waals surface area contributed by atoms with E-state index in [4.69, 9.17) is 4.42 Å². The summed E-state index contributed by atoms with van der Waals surface area (Å²) in [5.74, 6) is -1.19. The lowest BCUT2D eigenvalue weighted by molar-refractivity contribution is -0.384. The number of amides is 4. The largest absolute Gasteiger partial charge is 0.457 e. The van der Waals surface area contributed by atoms with Crippen LogP contribution in [0.3, 0.4) is 0 Å². The summed E-state index contributed by atoms with van der Waals surface area (Å²) in [5.41, 5.74) is 0.313. The molecule has 0 radical (unpaired) electrons. The van der Waals surface area contributed by atoms with Gasteiger partial charge in [-0.25, -0.2) is 9.69 Å². The van der Waals surface area contributed by atoms with Gasteiger partial charge in [-0.3, -0.25) is 30.0 Å². The Kier molecular flexibility index (Phi) is 4.64. The summed E-state index contributed by atoms with van der Waals surface area (Å²) in [5, 5.41) is 13.1. The highest BCUT2D eigenvalue weighted by molar-refractivity contribution is 6.39. The number of non-ortho nitro benzene ring substituents is 1. The predicted molar refractivity (Wildman–Crippen MR) is 104 cm³/mol. The second-order valence-electron chi connectivity index (χ2n) is 6.17. The number of nitro groups is 1. The standard InChI is InChI=1S/C20H12N4O6/c25-18-16(19(26)23(20(27)22-18)13-6-8-21-9-7-13)11-15-4-5-17(30-15)12-2-1-3-14(10-12)24(28)29/h1-11H,(H,22,25,27)/b16-11+. The summed E-state index contributed by atoms with van der Waals surface area (Å²) in [7, 11) is 0. The van der Waals surface area contributed by atoms with Crippen molar-refractivity contribution in [3.05, 3.63) is 82.4 Å². The number of nitro benzene ring substituents is 1. The molecule has 1 aliphatic heterocycles. The molecule has 30 heavy (non-hydrogen) atoms. The molecule has 10 nitrogen and oxygen atoms in total. The molecule has 0 bridgehead atoms. The van der Waals surface area contributed by atoms with Gasteiger partial charge in [-0.05, 0) is 30.3 Å². The Bertz CT molecular complexity index is 1210. The minimum Gasteiger partial charge on any atom is -0.457 e. The van der Waals surface area contributed by atoms with Crippen molar-refractivity contribution in [2.75, 3.05) is 4.90 Å². The smallest absolute Gasteiger partial charge is 0.335 e. The summed E-state index contributed by atoms with van der Waals surface area (Å²) < 4.78 is 5.63. The molecule has 0 unspecified atom stereocenters. The van der Waals surface area contributed by atoms with Gasteiger partial charge in [0, 0.05) is 30.1 Å². The summed E-state index contributed by atoms with van der Waals surface area (Å²) >= 11 is 0. The Morgan fingerprint density at radius 3 is 2.57 bits per heavy atom. The van der Waals surface area contributed by atoms with Gasteiger partial charge >= 0.3 is 6.03 Å². The molecule has 3 aromatic rings. The van der Waals surface area contributed by atoms with Crippen LogP contribution in [-0.2, 0) is 9.59 Å². The maximum Gasteiger partial charge on any atom is 0.335 e. The number of hydrogen-bond acceptors (Lipinski definition) is 7. The maximum atomic E-state index is 12.8. The zero-order valence-corrected chi connectivity index (χ0v) is 15.1. The van der Waals surface area contributed by atoms with Gasteiger partial charge in [0.25, 0.3) is 17.5 Å². The van der Waals surface area contributed by atoms with Crippen LogP contribution < -0.4 is 10.2 Å². The molecule has 1 aliphatic rings. The van der Waals surface area contributed by atoms with E-state index < -0.39 is 22.8 Å². The molecule has 2 aromatic heterocycles. The minimum atomic E-state index is -0.870. The maximum absolute atomic E-state index is 12.8. The number of aromatic nitrogens is 1. The van der Waals surface area contributed by atoms with Gasteiger partial charge in [-0.1, -0.05) is 12.1 Å². The van der Waals surface area contributed by atoms with Crippen LogP contribution in [0.15, 0.2) is 70.9 Å². The lowest BCUT2D eigenvalue weighted by atomic mass is 10.1. The van der Waals surface area contributed by atoms with Crippen LogP contribution in [0.25, 0.3) is 17.4 Å². The van der Waals surface area contributed by atoms with E-state index in [1.165, 1.54) is 54.9 Å². The number of urea groups is 1. The first kappa shape index (κ1) is 18.7. The molecule has 0 spiro atoms. The van der Waals surface area contributed by atoms with Crippen LogP contribution in [0, 0.1) is 10.1 Å². The van der Waals surface area contributed by atoms with Crippen LogP contribution in [0.4, 0.5) is 16.2 Å². The summed E-state index contributed by atoms with van der Waals surface area (Å²) in [6.07, 6.45) is 4.03. The van der Waals surface area contributed by atoms with Crippen molar-refractivity contribution in [2.24, 2.45) is 0 Å². The van der Waals surface area contributed by atoms with Crippen LogP contribution in [0.1, 0.15) is 5.76 Å². The molecule has 148 valence electrons. The summed E-state index contributed by atoms with van der Waals surface area (Å²) in [6, 6.07) is 11.0. The van der Waals surface area contributed by atoms with Crippen LogP contribution in [-0.4, -0.2) is 27.8 Å². The molecule has 10 heteroatoms. The fraction of sp³-hybridized carbons (Fsp3) is 0. The average molecular weight is 404 g/mol. The summed E-state index contributed by atoms with van der Waals surface area (Å²) in [6.45, 7) is 0. The Labute approximate surface area is 168 Å². The molecule has 1 N–H and O–H groups in total. The van der Waals surface area contributed by atoms with E-state index in [0.29, 0.717) is 11.3 Å². The molecular weight excluding hydrogens is 392 g/mol. The lowest BCUT2D eigenvalue weighted by Gasteiger charge is -2.25. The number of anilines is 1. The van der Waals surface area contributed by atoms with Crippen LogP contribution in [0.5, 0.6) is 0 Å². The third-order valence-corrected chi connectivity index (χ3v) is 4.28. The molecular formula is C20H12N4O6. The fourth-order valence-corrected chi connectivity index (χ4v) is 2.89. The first-order valence-corrected chi connectivity index (χ1v) is 8.60. The third-order valence-electron chi connectivity index (χ3n) is 4.28. The Morgan fingerprint density at radius 1 is 1.07 bits per heavy atom. The third kappa shape index (κ3) is 3.44. The number of imide groups is 2. The number of carbonyl (C=O) groups is 3. The Hall–Kier alpha value is -4.60. The van der Waals surface area contributed by atoms with Crippen molar-refractivity contribution in [2.45, 2.75) is 0 Å². The van der Waals surface area contributed by atoms with Gasteiger partial charge in [0.1, 0.15) is 17.1 Å². The molecule has 0 atom stereocenters. The number of furan rings is 1. The van der Waals surface area contributed by atoms with Crippen molar-refractivity contribution in [3.8, 4) is 11.3 Å². The molecule has 4 rings (SSSR count). The van der Waals surface area contributed by atoms with E-state index >= 15 is 0 Å². The number of hydrogen-bond donors (Lipinski definition) is 1. The van der Waals surface area contributed by atoms with Gasteiger partial charge in [0.2, 0.25) is 0 Å². The quantitative estimate of drug-likeness (QED) is 0.306. The van der Waals surface area contributed by atoms with Crippen molar-refractivity contribution in [1.29, 1.82) is 0 Å². The molecule has 1 fully saturated rings. The van der Waals surface area contributed by atoms with Crippen LogP contribution >= 0.6 is 0 Å². The van der Waals surface area contributed by atoms with E-state index in [1.54, 1.807) is 12.1 Å². The molecule has 0 saturated carbocycles. The van der Waals surface area contributed by atoms with E-state index in [1.807, 2.05) is 0 Å². The highest BCUT2D eigenvalue weighted by Gasteiger charge is 2.37. The number of pyridine rings is 1. The fourth-order valence-electron chi connectivity index (χ4n) is 2.89. The Morgan fingerprint density at radius 2 is 1.83 bits per heavy atom. The molecule has 3 heterocycles. The van der Waals surface area contributed by atoms with Crippen molar-refractivity contribution in [1.82, 2.24) is 10.3 Å². The number of barbiturate groups is 1. The zero-order chi connectivity index (χ0) is 21.3. The first-order valence-electron chi connectivity index (χ1n) is 8.60. The second kappa shape index (κ2) is 7.43. The van der Waals surface area contributed by atoms with Crippen molar-refractivity contribution >= 4 is 35.3 Å². The van der Waals surface area contributed by atoms with E-state index in [2.05, 4.69) is 10.3 Å². The van der Waals surface area contributed by atoms with Gasteiger partial charge in [-0.2, -0.15) is 0 Å². The van der Waals surface area contributed by atoms with Gasteiger partial charge in [0.15, 0.2) is 0 Å². The second-order valence-corrected chi connectivity index (χ2v) is 6.17. The minimum absolute atomic E-state index is 0.0999. The van der Waals surface area contributed by atoms with Crippen LogP contribution in [0.2, 0.25) is 0 Å². The predicted octanol–water partition coefficient (Wildman–Crippen LogP) is 2.92. The molecule has 4 amide bonds. The average Bonchev–Trinajstić information content (AvgIpc) is 3.21. The topological polar surface area (TPSA) is 136 Å². The summed E-state index contributed by atoms with van der Waals surface area (Å²) in [4.78, 5) is 52.2. The van der Waals surface area contributed by atoms with E-state index in [-0.39, 0.29) is 22.7 Å². The molecule has 0 aliphatic carbocycles. The van der Waals surface area contributed by atoms with Gasteiger partial charge < -0.3 is 4.42 Å². The zero-order valence-electron chi connectivity index (χ0n) is 15.1. The highest BCUT2D eigenvalue weighted by atomic mass is 16.6. The first-order chi connectivity index (χ1) is 14.4. The highest BCUT2D eigenvalue weighted by Crippen LogP contribution is 2.27. The number of nitrogens with one attached hydrogen (secondary N) is 1. The lowest BCUT2D eigenvalue weighted by Crippen LogP contribution is -2.54. The van der Waals surface area contributed by atoms with Crippen molar-refractivity contribution in [3.63, 3.8) is 0 Å². The molecule has 1 aromatic carbocycles. The van der Waals surface area contributed by atoms with E-state index in [9.17, 15) is 24.5 Å². The number of benzene rings is 1. The normalized spacial score (nSPS) is 15.4. The Balaban J connectivity index is 1.67. The number of carbonyl (C=O) groups excluding carboxylic acids is 3. The van der Waals surface area contributed by atoms with Crippen molar-refractivity contribution < 1.29 is 23.7 Å². The van der Waals surface area contributed by atoms with E-state index in [0.717, 1.165) is 4.90 Å². The molecule has 1 saturated heterocycles. The monoisotopic (exact) mass is 404 g/mol. The number of rotatable bonds is 4. The van der Waals surface area contributed by atoms with Gasteiger partial charge in [0.05, 0.1) is 10.6 Å². The number of nitrogens with zero attached hydrogens (tertiary/aromatic N) is 3. The van der Waals surface area contributed by atoms with Gasteiger partial charge in [-0.15, -0.1) is 0 Å². The SMILES string of the molecule is O=C1NC(=O)N(c2ccncc2)C(=O)/C1=C/c1ccc(-c2cccc([N+](=O)[O-])c2)o1.